The van der Waals surface area contributed by atoms with E-state index >= 15 is 0 Å². The van der Waals surface area contributed by atoms with Gasteiger partial charge in [-0.05, 0) is 17.7 Å². The van der Waals surface area contributed by atoms with Gasteiger partial charge in [-0.15, -0.1) is 0 Å². The first-order valence-electron chi connectivity index (χ1n) is 5.34. The Hall–Kier alpha value is -2.20. The number of hydrogen-bond donors (Lipinski definition) is 4. The van der Waals surface area contributed by atoms with E-state index in [9.17, 15) is 19.2 Å². The minimum Gasteiger partial charge on any atom is -1.00 e. The van der Waals surface area contributed by atoms with Crippen LogP contribution in [0.5, 0.6) is 0 Å². The van der Waals surface area contributed by atoms with Crippen LogP contribution in [0.3, 0.4) is 0 Å². The maximum atomic E-state index is 11.8. The molecule has 10 heteroatoms. The first-order chi connectivity index (χ1) is 9.40. The molecule has 1 aromatic heterocycles. The third-order valence-electron chi connectivity index (χ3n) is 2.55. The van der Waals surface area contributed by atoms with Gasteiger partial charge in [0.15, 0.2) is 0 Å². The Labute approximate surface area is 145 Å². The predicted molar refractivity (Wildman–Crippen MR) is 71.8 cm³/mol. The number of carboxylic acid groups (broad SMARTS) is 2. The number of aromatic amines is 2. The van der Waals surface area contributed by atoms with Gasteiger partial charge < -0.3 is 22.1 Å². The molecule has 1 heterocycles. The van der Waals surface area contributed by atoms with Crippen LogP contribution in [0.1, 0.15) is 22.3 Å². The van der Waals surface area contributed by atoms with Gasteiger partial charge in [-0.2, -0.15) is 0 Å². The van der Waals surface area contributed by atoms with Crippen molar-refractivity contribution in [2.75, 3.05) is 0 Å². The van der Waals surface area contributed by atoms with Crippen LogP contribution >= 0.6 is 0 Å². The van der Waals surface area contributed by atoms with Gasteiger partial charge in [0, 0.05) is 0 Å². The maximum absolute atomic E-state index is 11.8. The maximum Gasteiger partial charge on any atom is 1.00 e. The Kier molecular flexibility index (Phi) is 6.94. The number of aromatic carboxylic acids is 2. The average Bonchev–Trinajstić information content (AvgIpc) is 2.37. The molecule has 0 aliphatic carbocycles. The number of rotatable bonds is 3. The van der Waals surface area contributed by atoms with Crippen LogP contribution < -0.4 is 40.8 Å². The van der Waals surface area contributed by atoms with Crippen LogP contribution in [0, 0.1) is 0 Å². The van der Waals surface area contributed by atoms with Crippen LogP contribution in [-0.4, -0.2) is 37.6 Å². The summed E-state index contributed by atoms with van der Waals surface area (Å²) >= 11 is 0. The third-order valence-corrected chi connectivity index (χ3v) is 2.55. The second-order valence-corrected chi connectivity index (χ2v) is 3.85. The Morgan fingerprint density at radius 2 is 1.68 bits per heavy atom. The average molecular weight is 318 g/mol. The van der Waals surface area contributed by atoms with Crippen LogP contribution in [0.15, 0.2) is 33.9 Å². The summed E-state index contributed by atoms with van der Waals surface area (Å²) in [6.45, 7) is 0. The molecule has 0 bridgehead atoms. The zero-order chi connectivity index (χ0) is 14.9. The van der Waals surface area contributed by atoms with Crippen molar-refractivity contribution in [1.29, 1.82) is 0 Å². The third kappa shape index (κ3) is 3.92. The van der Waals surface area contributed by atoms with E-state index in [0.29, 0.717) is 0 Å². The van der Waals surface area contributed by atoms with Gasteiger partial charge in [0.05, 0.1) is 11.1 Å². The zero-order valence-electron chi connectivity index (χ0n) is 12.3. The fourth-order valence-electron chi connectivity index (χ4n) is 1.73. The molecule has 6 N–H and O–H groups in total. The second-order valence-electron chi connectivity index (χ2n) is 3.85. The summed E-state index contributed by atoms with van der Waals surface area (Å²) in [6, 6.07) is 5.19. The van der Waals surface area contributed by atoms with E-state index in [0.717, 1.165) is 6.07 Å². The summed E-state index contributed by atoms with van der Waals surface area (Å²) in [7, 11) is 0. The fourth-order valence-corrected chi connectivity index (χ4v) is 1.73. The van der Waals surface area contributed by atoms with Gasteiger partial charge in [0.25, 0.3) is 5.56 Å². The number of hydrogen-bond acceptors (Lipinski definition) is 4. The zero-order valence-corrected chi connectivity index (χ0v) is 13.3. The van der Waals surface area contributed by atoms with Gasteiger partial charge in [0.1, 0.15) is 5.69 Å². The second kappa shape index (κ2) is 7.71. The number of nitrogens with one attached hydrogen (secondary N) is 2. The van der Waals surface area contributed by atoms with Gasteiger partial charge in [0.2, 0.25) is 0 Å². The smallest absolute Gasteiger partial charge is 1.00 e. The normalized spacial score (nSPS) is 9.27. The molecule has 9 nitrogen and oxygen atoms in total. The standard InChI is InChI=1S/C12H8N2O6.Na.H2O.H/c15-9-7(8(11(18)19)13-12(20)14-9)5-2-1-3-6(4-5)10(16)17;;;/h1-4H,(H,16,17)(H,18,19)(H2,13,14,15,20);;1H2;/q;+1;;-1. The van der Waals surface area contributed by atoms with Gasteiger partial charge in [-0.1, -0.05) is 12.1 Å². The molecule has 0 atom stereocenters. The van der Waals surface area contributed by atoms with Crippen molar-refractivity contribution in [2.24, 2.45) is 0 Å². The number of carboxylic acids is 2. The Balaban J connectivity index is 0. The van der Waals surface area contributed by atoms with Gasteiger partial charge in [-0.3, -0.25) is 9.78 Å². The van der Waals surface area contributed by atoms with E-state index in [1.54, 1.807) is 0 Å². The Morgan fingerprint density at radius 1 is 1.05 bits per heavy atom. The van der Waals surface area contributed by atoms with Crippen molar-refractivity contribution >= 4 is 11.9 Å². The van der Waals surface area contributed by atoms with E-state index in [1.807, 2.05) is 9.97 Å². The molecule has 0 aliphatic rings. The predicted octanol–water partition coefficient (Wildman–Crippen LogP) is -3.58. The minimum absolute atomic E-state index is 0. The van der Waals surface area contributed by atoms with E-state index < -0.39 is 28.9 Å². The van der Waals surface area contributed by atoms with E-state index in [4.69, 9.17) is 10.2 Å². The summed E-state index contributed by atoms with van der Waals surface area (Å²) in [6.07, 6.45) is 0. The van der Waals surface area contributed by atoms with Crippen LogP contribution in [0.2, 0.25) is 0 Å². The molecule has 2 aromatic rings. The molecular weight excluding hydrogens is 307 g/mol. The van der Waals surface area contributed by atoms with Crippen molar-refractivity contribution in [3.05, 3.63) is 56.4 Å². The van der Waals surface area contributed by atoms with Gasteiger partial charge >= 0.3 is 47.2 Å². The quantitative estimate of drug-likeness (QED) is 0.426. The van der Waals surface area contributed by atoms with Crippen molar-refractivity contribution in [3.8, 4) is 11.1 Å². The molecule has 0 saturated carbocycles. The molecule has 1 aromatic carbocycles. The van der Waals surface area contributed by atoms with Crippen LogP contribution in [0.25, 0.3) is 11.1 Å². The monoisotopic (exact) mass is 318 g/mol. The molecule has 0 spiro atoms. The van der Waals surface area contributed by atoms with Crippen molar-refractivity contribution in [3.63, 3.8) is 0 Å². The Bertz CT molecular complexity index is 831. The molecule has 0 saturated heterocycles. The fraction of sp³-hybridized carbons (Fsp3) is 0. The molecule has 22 heavy (non-hydrogen) atoms. The van der Waals surface area contributed by atoms with Crippen molar-refractivity contribution < 1.29 is 56.3 Å². The SMILES string of the molecule is O.O=C(O)c1cccc(-c2c(C(=O)O)[nH]c(=O)[nH]c2=O)c1.[H-].[Na+]. The molecule has 0 radical (unpaired) electrons. The molecule has 0 fully saturated rings. The molecule has 2 rings (SSSR count). The van der Waals surface area contributed by atoms with Crippen LogP contribution in [-0.2, 0) is 0 Å². The number of aromatic nitrogens is 2. The summed E-state index contributed by atoms with van der Waals surface area (Å²) in [5.41, 5.74) is -2.79. The molecule has 0 unspecified atom stereocenters. The van der Waals surface area contributed by atoms with Crippen LogP contribution in [0.4, 0.5) is 0 Å². The minimum atomic E-state index is -1.50. The first-order valence-corrected chi connectivity index (χ1v) is 5.34. The molecule has 112 valence electrons. The summed E-state index contributed by atoms with van der Waals surface area (Å²) in [5, 5.41) is 17.9. The summed E-state index contributed by atoms with van der Waals surface area (Å²) in [5.74, 6) is -2.71. The van der Waals surface area contributed by atoms with Crippen molar-refractivity contribution in [2.45, 2.75) is 0 Å². The Morgan fingerprint density at radius 3 is 2.23 bits per heavy atom. The molecule has 0 amide bonds. The number of benzene rings is 1. The van der Waals surface area contributed by atoms with Gasteiger partial charge in [-0.25, -0.2) is 14.4 Å². The topological polar surface area (TPSA) is 172 Å². The largest absolute Gasteiger partial charge is 1.00 e. The number of H-pyrrole nitrogens is 2. The first kappa shape index (κ1) is 19.8. The van der Waals surface area contributed by atoms with Crippen molar-refractivity contribution in [1.82, 2.24) is 9.97 Å². The summed E-state index contributed by atoms with van der Waals surface area (Å²) < 4.78 is 0. The number of carbonyl (C=O) groups is 2. The summed E-state index contributed by atoms with van der Waals surface area (Å²) in [4.78, 5) is 48.7. The van der Waals surface area contributed by atoms with E-state index in [2.05, 4.69) is 0 Å². The van der Waals surface area contributed by atoms with E-state index in [1.165, 1.54) is 18.2 Å². The molecule has 0 aliphatic heterocycles. The molecular formula is C12H11N2NaO7. The van der Waals surface area contributed by atoms with E-state index in [-0.39, 0.29) is 53.2 Å².